The Kier molecular flexibility index (Phi) is 6.69. The third-order valence-corrected chi connectivity index (χ3v) is 5.92. The molecule has 0 radical (unpaired) electrons. The molecule has 0 bridgehead atoms. The minimum atomic E-state index is -0.870. The van der Waals surface area contributed by atoms with Gasteiger partial charge in [0.2, 0.25) is 0 Å². The Balaban J connectivity index is 4.21. The molecule has 0 aromatic heterocycles. The summed E-state index contributed by atoms with van der Waals surface area (Å²) < 4.78 is 6.32. The number of hydrogen-bond acceptors (Lipinski definition) is 1. The van der Waals surface area contributed by atoms with Gasteiger partial charge in [-0.05, 0) is 31.4 Å². The van der Waals surface area contributed by atoms with Crippen molar-refractivity contribution in [3.8, 4) is 0 Å². The van der Waals surface area contributed by atoms with E-state index in [0.29, 0.717) is 0 Å². The van der Waals surface area contributed by atoms with Gasteiger partial charge >= 0.3 is 0 Å². The molecule has 0 N–H and O–H groups in total. The van der Waals surface area contributed by atoms with E-state index in [1.165, 1.54) is 31.4 Å². The van der Waals surface area contributed by atoms with Crippen LogP contribution in [-0.2, 0) is 4.43 Å². The van der Waals surface area contributed by atoms with E-state index < -0.39 is 9.04 Å². The lowest BCUT2D eigenvalue weighted by atomic mass is 9.95. The van der Waals surface area contributed by atoms with Gasteiger partial charge in [-0.3, -0.25) is 0 Å². The lowest BCUT2D eigenvalue weighted by Crippen LogP contribution is -2.36. The van der Waals surface area contributed by atoms with Crippen LogP contribution < -0.4 is 0 Å². The first-order valence-electron chi connectivity index (χ1n) is 5.85. The highest BCUT2D eigenvalue weighted by Gasteiger charge is 2.27. The highest BCUT2D eigenvalue weighted by atomic mass is 28.3. The van der Waals surface area contributed by atoms with Crippen LogP contribution in [0.2, 0.25) is 12.1 Å². The molecule has 0 amide bonds. The number of hydrogen-bond donors (Lipinski definition) is 0. The summed E-state index contributed by atoms with van der Waals surface area (Å²) in [6, 6.07) is 2.55. The van der Waals surface area contributed by atoms with Gasteiger partial charge in [0, 0.05) is 0 Å². The summed E-state index contributed by atoms with van der Waals surface area (Å²) >= 11 is 0. The monoisotopic (exact) mass is 202 g/mol. The van der Waals surface area contributed by atoms with Crippen LogP contribution in [0.1, 0.15) is 53.9 Å². The lowest BCUT2D eigenvalue weighted by Gasteiger charge is -2.34. The molecule has 0 rings (SSSR count). The van der Waals surface area contributed by atoms with E-state index in [4.69, 9.17) is 4.43 Å². The molecular formula is C11H26OSi. The molecule has 2 heteroatoms. The summed E-state index contributed by atoms with van der Waals surface area (Å²) in [5.74, 6) is 0. The van der Waals surface area contributed by atoms with Crippen molar-refractivity contribution in [3.05, 3.63) is 0 Å². The highest BCUT2D eigenvalue weighted by Crippen LogP contribution is 2.26. The van der Waals surface area contributed by atoms with E-state index >= 15 is 0 Å². The zero-order valence-electron chi connectivity index (χ0n) is 10.0. The number of rotatable bonds is 7. The Morgan fingerprint density at radius 1 is 0.846 bits per heavy atom. The van der Waals surface area contributed by atoms with Crippen LogP contribution >= 0.6 is 0 Å². The quantitative estimate of drug-likeness (QED) is 0.572. The molecule has 0 fully saturated rings. The van der Waals surface area contributed by atoms with Crippen LogP contribution in [0.3, 0.4) is 0 Å². The lowest BCUT2D eigenvalue weighted by molar-refractivity contribution is 0.0528. The smallest absolute Gasteiger partial charge is 0.177 e. The predicted octanol–water partition coefficient (Wildman–Crippen LogP) is 3.74. The minimum absolute atomic E-state index is 0.211. The van der Waals surface area contributed by atoms with Gasteiger partial charge in [-0.2, -0.15) is 0 Å². The fourth-order valence-electron chi connectivity index (χ4n) is 1.81. The zero-order valence-corrected chi connectivity index (χ0v) is 11.2. The highest BCUT2D eigenvalue weighted by molar-refractivity contribution is 6.51. The maximum atomic E-state index is 6.32. The fraction of sp³-hybridized carbons (Fsp3) is 1.00. The largest absolute Gasteiger partial charge is 0.415 e. The Morgan fingerprint density at radius 2 is 1.23 bits per heavy atom. The van der Waals surface area contributed by atoms with Crippen molar-refractivity contribution in [2.24, 2.45) is 0 Å². The molecule has 13 heavy (non-hydrogen) atoms. The van der Waals surface area contributed by atoms with Gasteiger partial charge in [0.1, 0.15) is 0 Å². The van der Waals surface area contributed by atoms with Gasteiger partial charge in [0.05, 0.1) is 5.60 Å². The first-order valence-corrected chi connectivity index (χ1v) is 7.96. The van der Waals surface area contributed by atoms with Gasteiger partial charge in [-0.1, -0.05) is 34.6 Å². The van der Waals surface area contributed by atoms with Crippen LogP contribution in [0.5, 0.6) is 0 Å². The van der Waals surface area contributed by atoms with E-state index in [9.17, 15) is 0 Å². The molecule has 80 valence electrons. The molecule has 0 aromatic carbocycles. The van der Waals surface area contributed by atoms with Crippen molar-refractivity contribution in [3.63, 3.8) is 0 Å². The first-order chi connectivity index (χ1) is 6.17. The summed E-state index contributed by atoms with van der Waals surface area (Å²) in [5.41, 5.74) is 0.211. The van der Waals surface area contributed by atoms with Gasteiger partial charge in [-0.25, -0.2) is 0 Å². The molecule has 0 aromatic rings. The van der Waals surface area contributed by atoms with Crippen molar-refractivity contribution >= 4 is 9.04 Å². The second-order valence-electron chi connectivity index (χ2n) is 3.80. The average Bonchev–Trinajstić information content (AvgIpc) is 2.21. The second kappa shape index (κ2) is 6.60. The molecule has 0 spiro atoms. The minimum Gasteiger partial charge on any atom is -0.415 e. The Hall–Kier alpha value is 0.177. The normalized spacial score (nSPS) is 12.5. The van der Waals surface area contributed by atoms with Gasteiger partial charge < -0.3 is 4.43 Å². The van der Waals surface area contributed by atoms with Crippen molar-refractivity contribution in [2.75, 3.05) is 0 Å². The fourth-order valence-corrected chi connectivity index (χ4v) is 3.93. The van der Waals surface area contributed by atoms with Crippen LogP contribution in [0, 0.1) is 0 Å². The molecule has 0 atom stereocenters. The summed E-state index contributed by atoms with van der Waals surface area (Å²) in [6.07, 6.45) is 3.51. The van der Waals surface area contributed by atoms with Crippen LogP contribution in [0.15, 0.2) is 0 Å². The molecule has 0 saturated heterocycles. The van der Waals surface area contributed by atoms with E-state index in [1.807, 2.05) is 0 Å². The summed E-state index contributed by atoms with van der Waals surface area (Å²) in [7, 11) is -0.870. The third kappa shape index (κ3) is 3.82. The molecule has 1 nitrogen and oxygen atoms in total. The van der Waals surface area contributed by atoms with E-state index in [-0.39, 0.29) is 5.60 Å². The van der Waals surface area contributed by atoms with Gasteiger partial charge in [0.25, 0.3) is 0 Å². The first kappa shape index (κ1) is 13.2. The van der Waals surface area contributed by atoms with E-state index in [0.717, 1.165) is 0 Å². The molecule has 0 heterocycles. The second-order valence-corrected chi connectivity index (χ2v) is 6.91. The van der Waals surface area contributed by atoms with Crippen molar-refractivity contribution in [1.29, 1.82) is 0 Å². The van der Waals surface area contributed by atoms with Crippen molar-refractivity contribution in [1.82, 2.24) is 0 Å². The molecule has 0 aliphatic carbocycles. The van der Waals surface area contributed by atoms with Crippen LogP contribution in [-0.4, -0.2) is 14.6 Å². The molecule has 0 saturated carbocycles. The van der Waals surface area contributed by atoms with Crippen molar-refractivity contribution in [2.45, 2.75) is 71.6 Å². The van der Waals surface area contributed by atoms with E-state index in [2.05, 4.69) is 34.6 Å². The summed E-state index contributed by atoms with van der Waals surface area (Å²) in [6.45, 7) is 11.3. The average molecular weight is 202 g/mol. The molecule has 0 aliphatic heterocycles. The maximum Gasteiger partial charge on any atom is 0.177 e. The molecular weight excluding hydrogens is 176 g/mol. The van der Waals surface area contributed by atoms with E-state index in [1.54, 1.807) is 0 Å². The van der Waals surface area contributed by atoms with Crippen LogP contribution in [0.4, 0.5) is 0 Å². The Labute approximate surface area is 85.6 Å². The molecule has 0 aliphatic rings. The molecule has 0 unspecified atom stereocenters. The Morgan fingerprint density at radius 3 is 1.46 bits per heavy atom. The predicted molar refractivity (Wildman–Crippen MR) is 62.8 cm³/mol. The summed E-state index contributed by atoms with van der Waals surface area (Å²) in [4.78, 5) is 0. The van der Waals surface area contributed by atoms with Gasteiger partial charge in [0.15, 0.2) is 9.04 Å². The third-order valence-electron chi connectivity index (χ3n) is 3.26. The standard InChI is InChI=1S/C11H26OSi/c1-6-11(7-2,8-3)12-13(9-4)10-5/h13H,6-10H2,1-5H3. The SMILES string of the molecule is CC[SiH](CC)OC(CC)(CC)CC. The Bertz CT molecular complexity index is 109. The van der Waals surface area contributed by atoms with Crippen molar-refractivity contribution < 1.29 is 4.43 Å². The van der Waals surface area contributed by atoms with Gasteiger partial charge in [-0.15, -0.1) is 0 Å². The zero-order chi connectivity index (χ0) is 10.3. The summed E-state index contributed by atoms with van der Waals surface area (Å²) in [5, 5.41) is 0. The van der Waals surface area contributed by atoms with Crippen LogP contribution in [0.25, 0.3) is 0 Å². The maximum absolute atomic E-state index is 6.32. The topological polar surface area (TPSA) is 9.23 Å².